The molecule has 6 nitrogen and oxygen atoms in total. The van der Waals surface area contributed by atoms with E-state index in [9.17, 15) is 13.2 Å². The Bertz CT molecular complexity index is 1140. The zero-order chi connectivity index (χ0) is 19.9. The smallest absolute Gasteiger partial charge is 0.322 e. The Labute approximate surface area is 166 Å². The maximum Gasteiger partial charge on any atom is 0.416 e. The van der Waals surface area contributed by atoms with Crippen LogP contribution in [0.3, 0.4) is 0 Å². The summed E-state index contributed by atoms with van der Waals surface area (Å²) in [5, 5.41) is 12.9. The number of aryl methyl sites for hydroxylation is 1. The van der Waals surface area contributed by atoms with Gasteiger partial charge in [0, 0.05) is 12.1 Å². The molecule has 2 aromatic carbocycles. The number of hydrogen-bond acceptors (Lipinski definition) is 5. The molecular formula is C17H12ClF3N6S. The second kappa shape index (κ2) is 7.10. The molecule has 0 amide bonds. The summed E-state index contributed by atoms with van der Waals surface area (Å²) in [4.78, 5) is 4.55. The Hall–Kier alpha value is -2.59. The number of aromatic nitrogens is 6. The van der Waals surface area contributed by atoms with E-state index in [1.807, 2.05) is 17.7 Å². The first-order chi connectivity index (χ1) is 13.3. The fourth-order valence-corrected chi connectivity index (χ4v) is 3.76. The summed E-state index contributed by atoms with van der Waals surface area (Å²) in [6.07, 6.45) is -4.39. The van der Waals surface area contributed by atoms with E-state index >= 15 is 0 Å². The van der Waals surface area contributed by atoms with Crippen LogP contribution in [0.2, 0.25) is 5.02 Å². The number of hydrogen-bond donors (Lipinski definition) is 0. The summed E-state index contributed by atoms with van der Waals surface area (Å²) in [7, 11) is 1.89. The van der Waals surface area contributed by atoms with Gasteiger partial charge in [-0.15, -0.1) is 5.10 Å². The average molecular weight is 425 g/mol. The van der Waals surface area contributed by atoms with Gasteiger partial charge in [-0.1, -0.05) is 23.4 Å². The first kappa shape index (κ1) is 18.8. The maximum atomic E-state index is 12.7. The van der Waals surface area contributed by atoms with Crippen molar-refractivity contribution in [3.05, 3.63) is 58.9 Å². The number of imidazole rings is 1. The number of fused-ring (bicyclic) bond motifs is 1. The summed E-state index contributed by atoms with van der Waals surface area (Å²) >= 11 is 7.43. The van der Waals surface area contributed by atoms with Gasteiger partial charge in [-0.2, -0.15) is 17.9 Å². The molecule has 0 radical (unpaired) electrons. The van der Waals surface area contributed by atoms with Crippen molar-refractivity contribution in [2.75, 3.05) is 0 Å². The highest BCUT2D eigenvalue weighted by Crippen LogP contribution is 2.30. The lowest BCUT2D eigenvalue weighted by molar-refractivity contribution is -0.137. The molecule has 0 spiro atoms. The Balaban J connectivity index is 1.56. The lowest BCUT2D eigenvalue weighted by Gasteiger charge is -2.08. The normalized spacial score (nSPS) is 12.0. The quantitative estimate of drug-likeness (QED) is 0.451. The minimum atomic E-state index is -4.39. The molecule has 144 valence electrons. The zero-order valence-electron chi connectivity index (χ0n) is 14.4. The van der Waals surface area contributed by atoms with Gasteiger partial charge < -0.3 is 4.57 Å². The molecule has 28 heavy (non-hydrogen) atoms. The van der Waals surface area contributed by atoms with E-state index in [0.29, 0.717) is 22.3 Å². The average Bonchev–Trinajstić information content (AvgIpc) is 3.24. The molecule has 0 aliphatic rings. The Morgan fingerprint density at radius 3 is 2.57 bits per heavy atom. The number of alkyl halides is 3. The van der Waals surface area contributed by atoms with E-state index < -0.39 is 11.7 Å². The molecule has 2 heterocycles. The fourth-order valence-electron chi connectivity index (χ4n) is 2.70. The van der Waals surface area contributed by atoms with Crippen LogP contribution < -0.4 is 0 Å². The van der Waals surface area contributed by atoms with Gasteiger partial charge >= 0.3 is 6.18 Å². The summed E-state index contributed by atoms with van der Waals surface area (Å²) in [6.45, 7) is 0. The predicted octanol–water partition coefficient (Wildman–Crippen LogP) is 4.51. The number of tetrazole rings is 1. The lowest BCUT2D eigenvalue weighted by Crippen LogP contribution is -2.06. The van der Waals surface area contributed by atoms with E-state index in [0.717, 1.165) is 28.3 Å². The molecule has 0 unspecified atom stereocenters. The molecule has 4 rings (SSSR count). The first-order valence-corrected chi connectivity index (χ1v) is 9.39. The van der Waals surface area contributed by atoms with Crippen molar-refractivity contribution in [3.8, 4) is 5.69 Å². The van der Waals surface area contributed by atoms with E-state index in [4.69, 9.17) is 11.6 Å². The minimum Gasteiger partial charge on any atom is -0.322 e. The molecule has 0 fully saturated rings. The topological polar surface area (TPSA) is 61.4 Å². The number of thioether (sulfide) groups is 1. The van der Waals surface area contributed by atoms with Gasteiger partial charge in [-0.3, -0.25) is 0 Å². The molecule has 2 aromatic heterocycles. The lowest BCUT2D eigenvalue weighted by atomic mass is 10.2. The minimum absolute atomic E-state index is 0.388. The van der Waals surface area contributed by atoms with E-state index in [1.54, 1.807) is 12.1 Å². The van der Waals surface area contributed by atoms with Crippen LogP contribution in [-0.4, -0.2) is 29.8 Å². The van der Waals surface area contributed by atoms with Crippen molar-refractivity contribution in [1.82, 2.24) is 29.8 Å². The van der Waals surface area contributed by atoms with E-state index in [-0.39, 0.29) is 0 Å². The number of nitrogens with zero attached hydrogens (tertiary/aromatic N) is 6. The molecule has 0 aliphatic carbocycles. The molecular weight excluding hydrogens is 413 g/mol. The monoisotopic (exact) mass is 424 g/mol. The molecule has 0 atom stereocenters. The van der Waals surface area contributed by atoms with Crippen molar-refractivity contribution in [2.45, 2.75) is 17.1 Å². The molecule has 0 saturated heterocycles. The highest BCUT2D eigenvalue weighted by molar-refractivity contribution is 7.98. The van der Waals surface area contributed by atoms with Crippen LogP contribution in [0.5, 0.6) is 0 Å². The van der Waals surface area contributed by atoms with Gasteiger partial charge in [0.2, 0.25) is 0 Å². The molecule has 0 aliphatic heterocycles. The second-order valence-electron chi connectivity index (χ2n) is 5.93. The summed E-state index contributed by atoms with van der Waals surface area (Å²) < 4.78 is 41.5. The Morgan fingerprint density at radius 1 is 1.11 bits per heavy atom. The molecule has 0 saturated carbocycles. The Morgan fingerprint density at radius 2 is 1.86 bits per heavy atom. The van der Waals surface area contributed by atoms with E-state index in [1.165, 1.54) is 28.6 Å². The standard InChI is InChI=1S/C17H12ClF3N6S/c1-26-14-7-4-11(18)8-13(14)22-16(26)28-9-15-23-24-25-27(15)12-5-2-10(3-6-12)17(19,20)21/h2-8H,9H2,1H3. The number of rotatable bonds is 4. The van der Waals surface area contributed by atoms with Crippen LogP contribution >= 0.6 is 23.4 Å². The van der Waals surface area contributed by atoms with Gasteiger partial charge in [0.05, 0.1) is 28.0 Å². The summed E-state index contributed by atoms with van der Waals surface area (Å²) in [6, 6.07) is 10.2. The van der Waals surface area contributed by atoms with Gasteiger partial charge in [0.25, 0.3) is 0 Å². The van der Waals surface area contributed by atoms with Crippen LogP contribution in [-0.2, 0) is 19.0 Å². The van der Waals surface area contributed by atoms with Crippen LogP contribution in [0.1, 0.15) is 11.4 Å². The third kappa shape index (κ3) is 3.57. The highest BCUT2D eigenvalue weighted by Gasteiger charge is 2.30. The SMILES string of the molecule is Cn1c(SCc2nnnn2-c2ccc(C(F)(F)F)cc2)nc2cc(Cl)ccc21. The fraction of sp³-hybridized carbons (Fsp3) is 0.176. The zero-order valence-corrected chi connectivity index (χ0v) is 15.9. The van der Waals surface area contributed by atoms with Gasteiger partial charge in [0.15, 0.2) is 11.0 Å². The van der Waals surface area contributed by atoms with Gasteiger partial charge in [-0.05, 0) is 52.9 Å². The van der Waals surface area contributed by atoms with Crippen molar-refractivity contribution in [3.63, 3.8) is 0 Å². The van der Waals surface area contributed by atoms with Crippen molar-refractivity contribution in [1.29, 1.82) is 0 Å². The third-order valence-corrected chi connectivity index (χ3v) is 5.37. The van der Waals surface area contributed by atoms with Crippen molar-refractivity contribution >= 4 is 34.4 Å². The second-order valence-corrected chi connectivity index (χ2v) is 7.31. The molecule has 11 heteroatoms. The predicted molar refractivity (Wildman–Crippen MR) is 99.4 cm³/mol. The Kier molecular flexibility index (Phi) is 4.76. The molecule has 0 N–H and O–H groups in total. The van der Waals surface area contributed by atoms with Crippen molar-refractivity contribution < 1.29 is 13.2 Å². The van der Waals surface area contributed by atoms with Gasteiger partial charge in [-0.25, -0.2) is 4.98 Å². The summed E-state index contributed by atoms with van der Waals surface area (Å²) in [5.74, 6) is 0.883. The molecule has 4 aromatic rings. The third-order valence-electron chi connectivity index (χ3n) is 4.11. The number of halogens is 4. The van der Waals surface area contributed by atoms with Crippen LogP contribution in [0.15, 0.2) is 47.6 Å². The molecule has 0 bridgehead atoms. The van der Waals surface area contributed by atoms with Crippen LogP contribution in [0.4, 0.5) is 13.2 Å². The van der Waals surface area contributed by atoms with Crippen LogP contribution in [0, 0.1) is 0 Å². The highest BCUT2D eigenvalue weighted by atomic mass is 35.5. The largest absolute Gasteiger partial charge is 0.416 e. The number of benzene rings is 2. The maximum absolute atomic E-state index is 12.7. The first-order valence-electron chi connectivity index (χ1n) is 8.02. The van der Waals surface area contributed by atoms with E-state index in [2.05, 4.69) is 20.5 Å². The van der Waals surface area contributed by atoms with Gasteiger partial charge in [0.1, 0.15) is 0 Å². The summed E-state index contributed by atoms with van der Waals surface area (Å²) in [5.41, 5.74) is 1.44. The van der Waals surface area contributed by atoms with Crippen LogP contribution in [0.25, 0.3) is 16.7 Å². The van der Waals surface area contributed by atoms with Crippen molar-refractivity contribution in [2.24, 2.45) is 7.05 Å².